The average Bonchev–Trinajstić information content (AvgIpc) is 2.82. The van der Waals surface area contributed by atoms with Crippen LogP contribution in [0.1, 0.15) is 45.1 Å². The second kappa shape index (κ2) is 6.82. The van der Waals surface area contributed by atoms with Gasteiger partial charge in [-0.25, -0.2) is 4.39 Å². The minimum absolute atomic E-state index is 0.0716. The Labute approximate surface area is 153 Å². The van der Waals surface area contributed by atoms with Crippen molar-refractivity contribution in [2.45, 2.75) is 39.5 Å². The fourth-order valence-corrected chi connectivity index (χ4v) is 4.29. The molecule has 3 amide bonds. The zero-order valence-electron chi connectivity index (χ0n) is 15.5. The zero-order valence-corrected chi connectivity index (χ0v) is 15.5. The topological polar surface area (TPSA) is 57.7 Å². The van der Waals surface area contributed by atoms with Crippen LogP contribution in [0.3, 0.4) is 0 Å². The minimum Gasteiger partial charge on any atom is -0.342 e. The van der Waals surface area contributed by atoms with Gasteiger partial charge in [-0.2, -0.15) is 0 Å². The first-order chi connectivity index (χ1) is 12.3. The standard InChI is InChI=1S/C20H25FN2O3/c1-4-23-18(25)16(14-5-7-15(21)8-6-14)20(19(23)26)9-11-22(12-10-20)17(24)13(2)3/h5-8,13,16H,4,9-12H2,1-3H3/t16-/m0/s1. The molecule has 140 valence electrons. The minimum atomic E-state index is -0.835. The van der Waals surface area contributed by atoms with Crippen molar-refractivity contribution in [3.8, 4) is 0 Å². The van der Waals surface area contributed by atoms with Crippen molar-refractivity contribution in [2.24, 2.45) is 11.3 Å². The molecular weight excluding hydrogens is 335 g/mol. The average molecular weight is 360 g/mol. The smallest absolute Gasteiger partial charge is 0.237 e. The molecule has 2 fully saturated rings. The molecule has 2 aliphatic heterocycles. The van der Waals surface area contributed by atoms with E-state index in [9.17, 15) is 18.8 Å². The van der Waals surface area contributed by atoms with Gasteiger partial charge in [-0.15, -0.1) is 0 Å². The normalized spacial score (nSPS) is 22.6. The van der Waals surface area contributed by atoms with E-state index >= 15 is 0 Å². The van der Waals surface area contributed by atoms with Crippen LogP contribution in [0.4, 0.5) is 4.39 Å². The summed E-state index contributed by atoms with van der Waals surface area (Å²) in [5.41, 5.74) is -0.164. The van der Waals surface area contributed by atoms with E-state index in [1.54, 1.807) is 24.0 Å². The Bertz CT molecular complexity index is 721. The number of hydrogen-bond donors (Lipinski definition) is 0. The van der Waals surface area contributed by atoms with Gasteiger partial charge >= 0.3 is 0 Å². The molecule has 0 bridgehead atoms. The van der Waals surface area contributed by atoms with E-state index in [2.05, 4.69) is 0 Å². The number of carbonyl (C=O) groups excluding carboxylic acids is 3. The highest BCUT2D eigenvalue weighted by Gasteiger charge is 2.60. The highest BCUT2D eigenvalue weighted by Crippen LogP contribution is 2.51. The molecule has 5 nitrogen and oxygen atoms in total. The van der Waals surface area contributed by atoms with E-state index in [1.807, 2.05) is 13.8 Å². The lowest BCUT2D eigenvalue weighted by Gasteiger charge is -2.41. The summed E-state index contributed by atoms with van der Waals surface area (Å²) in [6.45, 7) is 6.75. The quantitative estimate of drug-likeness (QED) is 0.779. The van der Waals surface area contributed by atoms with Crippen LogP contribution in [-0.4, -0.2) is 47.2 Å². The van der Waals surface area contributed by atoms with Crippen LogP contribution >= 0.6 is 0 Å². The number of rotatable bonds is 3. The first-order valence-electron chi connectivity index (χ1n) is 9.22. The summed E-state index contributed by atoms with van der Waals surface area (Å²) < 4.78 is 13.3. The monoisotopic (exact) mass is 360 g/mol. The maximum Gasteiger partial charge on any atom is 0.237 e. The molecule has 26 heavy (non-hydrogen) atoms. The number of likely N-dealkylation sites (tertiary alicyclic amines) is 2. The molecule has 1 spiro atoms. The second-order valence-electron chi connectivity index (χ2n) is 7.51. The Kier molecular flexibility index (Phi) is 4.86. The molecule has 0 unspecified atom stereocenters. The zero-order chi connectivity index (χ0) is 19.1. The van der Waals surface area contributed by atoms with Crippen LogP contribution in [0.25, 0.3) is 0 Å². The maximum absolute atomic E-state index is 13.3. The van der Waals surface area contributed by atoms with E-state index in [-0.39, 0.29) is 29.5 Å². The molecule has 1 atom stereocenters. The van der Waals surface area contributed by atoms with Crippen molar-refractivity contribution in [3.05, 3.63) is 35.6 Å². The number of amides is 3. The van der Waals surface area contributed by atoms with Crippen molar-refractivity contribution in [3.63, 3.8) is 0 Å². The summed E-state index contributed by atoms with van der Waals surface area (Å²) >= 11 is 0. The number of imide groups is 1. The third kappa shape index (κ3) is 2.81. The predicted molar refractivity (Wildman–Crippen MR) is 94.6 cm³/mol. The van der Waals surface area contributed by atoms with Crippen molar-refractivity contribution in [2.75, 3.05) is 19.6 Å². The number of carbonyl (C=O) groups is 3. The molecule has 2 heterocycles. The van der Waals surface area contributed by atoms with E-state index in [0.29, 0.717) is 38.0 Å². The van der Waals surface area contributed by atoms with E-state index in [4.69, 9.17) is 0 Å². The fourth-order valence-electron chi connectivity index (χ4n) is 4.29. The van der Waals surface area contributed by atoms with Gasteiger partial charge in [0.15, 0.2) is 0 Å². The van der Waals surface area contributed by atoms with Gasteiger partial charge in [-0.1, -0.05) is 26.0 Å². The van der Waals surface area contributed by atoms with Gasteiger partial charge in [0.2, 0.25) is 17.7 Å². The summed E-state index contributed by atoms with van der Waals surface area (Å²) in [7, 11) is 0. The Balaban J connectivity index is 1.94. The SMILES string of the molecule is CCN1C(=O)[C@H](c2ccc(F)cc2)C2(CCN(C(=O)C(C)C)CC2)C1=O. The van der Waals surface area contributed by atoms with E-state index < -0.39 is 11.3 Å². The molecule has 0 saturated carbocycles. The fraction of sp³-hybridized carbons (Fsp3) is 0.550. The third-order valence-electron chi connectivity index (χ3n) is 5.72. The summed E-state index contributed by atoms with van der Waals surface area (Å²) in [4.78, 5) is 41.4. The molecule has 1 aromatic rings. The van der Waals surface area contributed by atoms with Crippen molar-refractivity contribution >= 4 is 17.7 Å². The van der Waals surface area contributed by atoms with Crippen LogP contribution in [-0.2, 0) is 14.4 Å². The molecule has 0 radical (unpaired) electrons. The third-order valence-corrected chi connectivity index (χ3v) is 5.72. The summed E-state index contributed by atoms with van der Waals surface area (Å²) in [6, 6.07) is 5.84. The van der Waals surface area contributed by atoms with Gasteiger partial charge in [0, 0.05) is 25.6 Å². The van der Waals surface area contributed by atoms with E-state index in [1.165, 1.54) is 17.0 Å². The van der Waals surface area contributed by atoms with Crippen LogP contribution in [0.5, 0.6) is 0 Å². The lowest BCUT2D eigenvalue weighted by molar-refractivity contribution is -0.145. The lowest BCUT2D eigenvalue weighted by atomic mass is 9.67. The molecule has 3 rings (SSSR count). The first-order valence-corrected chi connectivity index (χ1v) is 9.22. The highest BCUT2D eigenvalue weighted by molar-refractivity contribution is 6.10. The number of hydrogen-bond acceptors (Lipinski definition) is 3. The van der Waals surface area contributed by atoms with Crippen LogP contribution in [0.2, 0.25) is 0 Å². The Hall–Kier alpha value is -2.24. The van der Waals surface area contributed by atoms with Gasteiger partial charge in [0.25, 0.3) is 0 Å². The Morgan fingerprint density at radius 3 is 2.27 bits per heavy atom. The molecular formula is C20H25FN2O3. The molecule has 6 heteroatoms. The van der Waals surface area contributed by atoms with Gasteiger partial charge in [-0.05, 0) is 37.5 Å². The Morgan fingerprint density at radius 1 is 1.19 bits per heavy atom. The van der Waals surface area contributed by atoms with Gasteiger partial charge in [0.1, 0.15) is 5.82 Å². The summed E-state index contributed by atoms with van der Waals surface area (Å²) in [5.74, 6) is -1.37. The number of likely N-dealkylation sites (N-methyl/N-ethyl adjacent to an activating group) is 1. The number of halogens is 1. The number of piperidine rings is 1. The van der Waals surface area contributed by atoms with Crippen LogP contribution < -0.4 is 0 Å². The first kappa shape index (κ1) is 18.5. The van der Waals surface area contributed by atoms with Gasteiger partial charge in [0.05, 0.1) is 11.3 Å². The van der Waals surface area contributed by atoms with Gasteiger partial charge in [-0.3, -0.25) is 19.3 Å². The molecule has 1 aromatic carbocycles. The van der Waals surface area contributed by atoms with Crippen molar-refractivity contribution in [1.29, 1.82) is 0 Å². The molecule has 2 aliphatic rings. The van der Waals surface area contributed by atoms with Crippen molar-refractivity contribution in [1.82, 2.24) is 9.80 Å². The second-order valence-corrected chi connectivity index (χ2v) is 7.51. The predicted octanol–water partition coefficient (Wildman–Crippen LogP) is 2.56. The van der Waals surface area contributed by atoms with Gasteiger partial charge < -0.3 is 4.90 Å². The Morgan fingerprint density at radius 2 is 1.77 bits per heavy atom. The summed E-state index contributed by atoms with van der Waals surface area (Å²) in [6.07, 6.45) is 0.906. The van der Waals surface area contributed by atoms with Crippen molar-refractivity contribution < 1.29 is 18.8 Å². The number of nitrogens with zero attached hydrogens (tertiary/aromatic N) is 2. The van der Waals surface area contributed by atoms with Crippen LogP contribution in [0.15, 0.2) is 24.3 Å². The largest absolute Gasteiger partial charge is 0.342 e. The molecule has 0 aromatic heterocycles. The molecule has 2 saturated heterocycles. The molecule has 0 N–H and O–H groups in total. The lowest BCUT2D eigenvalue weighted by Crippen LogP contribution is -2.49. The van der Waals surface area contributed by atoms with E-state index in [0.717, 1.165) is 0 Å². The summed E-state index contributed by atoms with van der Waals surface area (Å²) in [5, 5.41) is 0. The van der Waals surface area contributed by atoms with Crippen LogP contribution in [0, 0.1) is 17.2 Å². The highest BCUT2D eigenvalue weighted by atomic mass is 19.1. The maximum atomic E-state index is 13.3. The number of benzene rings is 1. The molecule has 0 aliphatic carbocycles.